The van der Waals surface area contributed by atoms with Crippen molar-refractivity contribution >= 4 is 6.16 Å². The Morgan fingerprint density at radius 1 is 1.47 bits per heavy atom. The summed E-state index contributed by atoms with van der Waals surface area (Å²) in [5, 5.41) is 21.2. The molecule has 0 aromatic carbocycles. The summed E-state index contributed by atoms with van der Waals surface area (Å²) in [7, 11) is 0. The minimum absolute atomic E-state index is 0.145. The van der Waals surface area contributed by atoms with Crippen LogP contribution in [0.15, 0.2) is 0 Å². The minimum atomic E-state index is -3.00. The fourth-order valence-electron chi connectivity index (χ4n) is 0.960. The Kier molecular flexibility index (Phi) is 3.78. The number of nitro groups is 2. The van der Waals surface area contributed by atoms with E-state index >= 15 is 0 Å². The molecule has 10 heteroatoms. The zero-order valence-electron chi connectivity index (χ0n) is 8.86. The van der Waals surface area contributed by atoms with Crippen LogP contribution in [-0.2, 0) is 14.2 Å². The highest BCUT2D eigenvalue weighted by atomic mass is 16.8. The SMILES string of the molecule is CCC(OC(=O)OCC1CO1)([N+](=O)[O-])[N+](=O)[O-]. The third-order valence-electron chi connectivity index (χ3n) is 2.07. The van der Waals surface area contributed by atoms with E-state index in [0.717, 1.165) is 6.92 Å². The van der Waals surface area contributed by atoms with Gasteiger partial charge in [-0.05, 0) is 6.92 Å². The van der Waals surface area contributed by atoms with Gasteiger partial charge in [0.15, 0.2) is 0 Å². The van der Waals surface area contributed by atoms with E-state index in [1.807, 2.05) is 0 Å². The first-order valence-electron chi connectivity index (χ1n) is 4.68. The van der Waals surface area contributed by atoms with Gasteiger partial charge in [0.2, 0.25) is 0 Å². The minimum Gasteiger partial charge on any atom is -0.431 e. The molecule has 17 heavy (non-hydrogen) atoms. The summed E-state index contributed by atoms with van der Waals surface area (Å²) in [6, 6.07) is 0. The average Bonchev–Trinajstić information content (AvgIpc) is 3.05. The predicted octanol–water partition coefficient (Wildman–Crippen LogP) is 0.156. The molecule has 0 amide bonds. The molecule has 10 nitrogen and oxygen atoms in total. The molecule has 0 aromatic rings. The number of nitrogens with zero attached hydrogens (tertiary/aromatic N) is 2. The summed E-state index contributed by atoms with van der Waals surface area (Å²) in [4.78, 5) is 29.7. The molecule has 1 atom stereocenters. The number of epoxide rings is 1. The molecule has 0 N–H and O–H groups in total. The topological polar surface area (TPSA) is 134 Å². The van der Waals surface area contributed by atoms with Gasteiger partial charge in [-0.15, -0.1) is 0 Å². The van der Waals surface area contributed by atoms with Gasteiger partial charge in [-0.1, -0.05) is 0 Å². The summed E-state index contributed by atoms with van der Waals surface area (Å²) in [6.07, 6.45) is -2.33. The molecule has 0 aliphatic carbocycles. The van der Waals surface area contributed by atoms with Crippen LogP contribution in [-0.4, -0.2) is 41.2 Å². The van der Waals surface area contributed by atoms with E-state index in [1.165, 1.54) is 0 Å². The lowest BCUT2D eigenvalue weighted by Crippen LogP contribution is -2.49. The Bertz CT molecular complexity index is 325. The highest BCUT2D eigenvalue weighted by Crippen LogP contribution is 2.19. The molecule has 1 heterocycles. The summed E-state index contributed by atoms with van der Waals surface area (Å²) >= 11 is 0. The molecule has 0 bridgehead atoms. The van der Waals surface area contributed by atoms with Crippen molar-refractivity contribution in [3.63, 3.8) is 0 Å². The van der Waals surface area contributed by atoms with E-state index in [4.69, 9.17) is 4.74 Å². The second kappa shape index (κ2) is 4.91. The van der Waals surface area contributed by atoms with E-state index in [2.05, 4.69) is 9.47 Å². The normalized spacial score (nSPS) is 18.3. The number of carbonyl (C=O) groups is 1. The molecule has 0 spiro atoms. The first kappa shape index (κ1) is 13.1. The molecule has 0 radical (unpaired) electrons. The Balaban J connectivity index is 2.60. The van der Waals surface area contributed by atoms with Gasteiger partial charge in [-0.2, -0.15) is 0 Å². The summed E-state index contributed by atoms with van der Waals surface area (Å²) < 4.78 is 13.3. The van der Waals surface area contributed by atoms with Crippen LogP contribution in [0.4, 0.5) is 4.79 Å². The van der Waals surface area contributed by atoms with Crippen LogP contribution in [0.1, 0.15) is 13.3 Å². The summed E-state index contributed by atoms with van der Waals surface area (Å²) in [6.45, 7) is 1.42. The molecule has 1 aliphatic rings. The van der Waals surface area contributed by atoms with Gasteiger partial charge < -0.3 is 14.2 Å². The van der Waals surface area contributed by atoms with Crippen molar-refractivity contribution < 1.29 is 28.9 Å². The quantitative estimate of drug-likeness (QED) is 0.214. The van der Waals surface area contributed by atoms with Gasteiger partial charge in [0.25, 0.3) is 0 Å². The molecule has 1 rings (SSSR count). The Morgan fingerprint density at radius 3 is 2.35 bits per heavy atom. The Morgan fingerprint density at radius 2 is 2.00 bits per heavy atom. The van der Waals surface area contributed by atoms with E-state index < -0.39 is 28.3 Å². The van der Waals surface area contributed by atoms with E-state index in [-0.39, 0.29) is 12.7 Å². The lowest BCUT2D eigenvalue weighted by molar-refractivity contribution is -0.844. The van der Waals surface area contributed by atoms with Crippen LogP contribution in [0, 0.1) is 20.2 Å². The molecular formula is C7H10N2O8. The summed E-state index contributed by atoms with van der Waals surface area (Å²) in [5.41, 5.74) is 0. The van der Waals surface area contributed by atoms with E-state index in [1.54, 1.807) is 0 Å². The van der Waals surface area contributed by atoms with Crippen molar-refractivity contribution in [1.82, 2.24) is 0 Å². The maximum Gasteiger partial charge on any atom is 0.623 e. The fraction of sp³-hybridized carbons (Fsp3) is 0.857. The molecule has 1 fully saturated rings. The maximum absolute atomic E-state index is 11.0. The van der Waals surface area contributed by atoms with Crippen molar-refractivity contribution in [2.45, 2.75) is 25.3 Å². The third kappa shape index (κ3) is 3.00. The second-order valence-electron chi connectivity index (χ2n) is 3.23. The molecule has 1 aliphatic heterocycles. The molecule has 96 valence electrons. The fourth-order valence-corrected chi connectivity index (χ4v) is 0.960. The van der Waals surface area contributed by atoms with E-state index in [9.17, 15) is 25.0 Å². The van der Waals surface area contributed by atoms with Crippen LogP contribution in [0.2, 0.25) is 0 Å². The van der Waals surface area contributed by atoms with Crippen molar-refractivity contribution in [1.29, 1.82) is 0 Å². The number of hydrogen-bond acceptors (Lipinski definition) is 8. The predicted molar refractivity (Wildman–Crippen MR) is 49.2 cm³/mol. The zero-order chi connectivity index (χ0) is 13.1. The van der Waals surface area contributed by atoms with Gasteiger partial charge in [0.1, 0.15) is 29.0 Å². The largest absolute Gasteiger partial charge is 0.623 e. The molecule has 1 unspecified atom stereocenters. The molecule has 0 aromatic heterocycles. The highest BCUT2D eigenvalue weighted by molar-refractivity contribution is 5.60. The van der Waals surface area contributed by atoms with Crippen molar-refractivity contribution in [2.75, 3.05) is 13.2 Å². The average molecular weight is 250 g/mol. The van der Waals surface area contributed by atoms with Gasteiger partial charge in [0.05, 0.1) is 6.61 Å². The van der Waals surface area contributed by atoms with Gasteiger partial charge in [-0.25, -0.2) is 4.79 Å². The first-order chi connectivity index (χ1) is 7.92. The first-order valence-corrected chi connectivity index (χ1v) is 4.68. The Labute approximate surface area is 94.7 Å². The Hall–Kier alpha value is -1.97. The lowest BCUT2D eigenvalue weighted by atomic mass is 10.3. The number of hydrogen-bond donors (Lipinski definition) is 0. The van der Waals surface area contributed by atoms with Crippen LogP contribution < -0.4 is 0 Å². The molecule has 1 saturated heterocycles. The molecular weight excluding hydrogens is 240 g/mol. The van der Waals surface area contributed by atoms with Crippen LogP contribution in [0.5, 0.6) is 0 Å². The molecule has 0 saturated carbocycles. The number of rotatable bonds is 6. The van der Waals surface area contributed by atoms with Crippen LogP contribution >= 0.6 is 0 Å². The zero-order valence-corrected chi connectivity index (χ0v) is 8.86. The number of ether oxygens (including phenoxy) is 3. The monoisotopic (exact) mass is 250 g/mol. The standard InChI is InChI=1S/C7H10N2O8/c1-2-7(8(11)12,9(13)14)17-6(10)16-4-5-3-15-5/h5H,2-4H2,1H3. The van der Waals surface area contributed by atoms with Gasteiger partial charge in [0, 0.05) is 0 Å². The van der Waals surface area contributed by atoms with Crippen LogP contribution in [0.3, 0.4) is 0 Å². The third-order valence-corrected chi connectivity index (χ3v) is 2.07. The lowest BCUT2D eigenvalue weighted by Gasteiger charge is -2.14. The smallest absolute Gasteiger partial charge is 0.431 e. The van der Waals surface area contributed by atoms with Gasteiger partial charge in [-0.3, -0.25) is 20.2 Å². The number of carbonyl (C=O) groups excluding carboxylic acids is 1. The second-order valence-corrected chi connectivity index (χ2v) is 3.23. The van der Waals surface area contributed by atoms with Crippen molar-refractivity contribution in [3.05, 3.63) is 20.2 Å². The maximum atomic E-state index is 11.0. The van der Waals surface area contributed by atoms with Crippen molar-refractivity contribution in [2.24, 2.45) is 0 Å². The van der Waals surface area contributed by atoms with E-state index in [0.29, 0.717) is 6.61 Å². The van der Waals surface area contributed by atoms with Crippen molar-refractivity contribution in [3.8, 4) is 0 Å². The van der Waals surface area contributed by atoms with Gasteiger partial charge >= 0.3 is 12.0 Å². The summed E-state index contributed by atoms with van der Waals surface area (Å²) in [5.74, 6) is -3.00. The van der Waals surface area contributed by atoms with Crippen LogP contribution in [0.25, 0.3) is 0 Å². The highest BCUT2D eigenvalue weighted by Gasteiger charge is 2.60.